The van der Waals surface area contributed by atoms with Crippen molar-refractivity contribution in [1.82, 2.24) is 25.4 Å². The molecule has 21 nitrogen and oxygen atoms in total. The van der Waals surface area contributed by atoms with Gasteiger partial charge in [0.05, 0.1) is 31.3 Å². The first-order valence-corrected chi connectivity index (χ1v) is 30.7. The molecule has 15 atom stereocenters. The summed E-state index contributed by atoms with van der Waals surface area (Å²) < 4.78 is 11.9. The van der Waals surface area contributed by atoms with Crippen LogP contribution in [0.3, 0.4) is 0 Å². The number of likely N-dealkylation sites (N-methyl/N-ethyl adjacent to an activating group) is 1. The Morgan fingerprint density at radius 1 is 0.975 bits per heavy atom. The van der Waals surface area contributed by atoms with Gasteiger partial charge in [0.1, 0.15) is 49.4 Å². The van der Waals surface area contributed by atoms with Gasteiger partial charge in [-0.3, -0.25) is 33.8 Å². The summed E-state index contributed by atoms with van der Waals surface area (Å²) in [6.07, 6.45) is -0.525. The number of aromatic amines is 1. The van der Waals surface area contributed by atoms with Gasteiger partial charge in [-0.1, -0.05) is 65.8 Å². The number of carboxylic acids is 1. The number of methoxy groups -OCH3 is 1. The maximum absolute atomic E-state index is 15.1. The number of ether oxygens (including phenoxy) is 2. The van der Waals surface area contributed by atoms with Gasteiger partial charge in [0.2, 0.25) is 5.91 Å². The molecule has 6 aliphatic rings. The zero-order valence-electron chi connectivity index (χ0n) is 46.9. The van der Waals surface area contributed by atoms with E-state index in [2.05, 4.69) is 63.5 Å². The number of anilines is 1. The van der Waals surface area contributed by atoms with Crippen LogP contribution in [0.1, 0.15) is 88.6 Å². The third-order valence-electron chi connectivity index (χ3n) is 19.0. The molecule has 5 aliphatic heterocycles. The average molecular weight is 1170 g/mol. The van der Waals surface area contributed by atoms with Gasteiger partial charge in [-0.2, -0.15) is 0 Å². The number of ketones is 1. The summed E-state index contributed by atoms with van der Waals surface area (Å²) in [4.78, 5) is 76.2. The van der Waals surface area contributed by atoms with E-state index in [1.165, 1.54) is 5.56 Å². The van der Waals surface area contributed by atoms with E-state index in [-0.39, 0.29) is 30.1 Å². The number of piperidine rings is 1. The highest BCUT2D eigenvalue weighted by atomic mass is 33.1. The Balaban J connectivity index is 0.951. The lowest BCUT2D eigenvalue weighted by atomic mass is 9.47. The number of hydrogen-bond donors (Lipinski definition) is 11. The van der Waals surface area contributed by atoms with Gasteiger partial charge in [-0.15, -0.1) is 0 Å². The quantitative estimate of drug-likeness (QED) is 0.0293. The molecule has 1 spiro atoms. The van der Waals surface area contributed by atoms with Gasteiger partial charge in [-0.05, 0) is 81.2 Å². The molecule has 23 heteroatoms. The molecule has 2 bridgehead atoms. The van der Waals surface area contributed by atoms with Crippen molar-refractivity contribution < 1.29 is 74.3 Å². The van der Waals surface area contributed by atoms with E-state index in [9.17, 15) is 60.0 Å². The summed E-state index contributed by atoms with van der Waals surface area (Å²) >= 11 is 0. The second-order valence-electron chi connectivity index (χ2n) is 23.7. The predicted octanol–water partition coefficient (Wildman–Crippen LogP) is 1.37. The molecule has 444 valence electrons. The molecule has 11 N–H and O–H groups in total. The molecule has 81 heavy (non-hydrogen) atoms. The maximum Gasteiger partial charge on any atom is 0.325 e. The molecule has 3 fully saturated rings. The van der Waals surface area contributed by atoms with Crippen molar-refractivity contribution >= 4 is 67.7 Å². The molecule has 9 rings (SSSR count). The number of aliphatic carboxylic acids is 1. The third-order valence-corrected chi connectivity index (χ3v) is 21.4. The van der Waals surface area contributed by atoms with Crippen molar-refractivity contribution in [2.75, 3.05) is 83.0 Å². The number of amides is 2. The van der Waals surface area contributed by atoms with Crippen molar-refractivity contribution in [3.05, 3.63) is 70.9 Å². The fraction of sp³-hybridized carbons (Fsp3) is 0.638. The molecule has 2 saturated heterocycles. The van der Waals surface area contributed by atoms with E-state index < -0.39 is 119 Å². The smallest absolute Gasteiger partial charge is 0.325 e. The normalized spacial score (nSPS) is 32.1. The van der Waals surface area contributed by atoms with E-state index in [0.717, 1.165) is 81.4 Å². The summed E-state index contributed by atoms with van der Waals surface area (Å²) in [6.45, 7) is 9.09. The Hall–Kier alpha value is -4.79. The van der Waals surface area contributed by atoms with E-state index in [1.54, 1.807) is 7.11 Å². The molecule has 1 aliphatic carbocycles. The SMILES string of the molecule is CC[C@]1(O)C[C@H]2CN(CCc3c([nH]c4ccccc34)[C@@](C)(c3cc4c(cc3OC)N(C)[C@H]3[C@@](O)(C(=O)NCC(=O)OCCSSC[C@H](CC(=O)[C@@H](NC(C)=O)[C@@H](O)[C@H](O)[C@H](O)CO)C(=O)O)[C@H](O)[C@]5(CC)C=CCN6CC[C@]43[C@@H]65)C2)C1. The minimum absolute atomic E-state index is 0.123. The van der Waals surface area contributed by atoms with Crippen molar-refractivity contribution in [3.63, 3.8) is 0 Å². The second kappa shape index (κ2) is 23.7. The van der Waals surface area contributed by atoms with Crippen LogP contribution in [0.15, 0.2) is 48.6 Å². The summed E-state index contributed by atoms with van der Waals surface area (Å²) in [5, 5.41) is 94.0. The second-order valence-corrected chi connectivity index (χ2v) is 26.3. The molecule has 0 radical (unpaired) electrons. The highest BCUT2D eigenvalue weighted by Gasteiger charge is 2.78. The van der Waals surface area contributed by atoms with Crippen LogP contribution in [0.4, 0.5) is 5.69 Å². The number of Topliss-reactive ketones (excluding diaryl/α,β-unsaturated/α-hetero) is 1. The third kappa shape index (κ3) is 10.6. The van der Waals surface area contributed by atoms with Crippen LogP contribution in [0.25, 0.3) is 10.9 Å². The summed E-state index contributed by atoms with van der Waals surface area (Å²) in [6, 6.07) is 9.55. The fourth-order valence-electron chi connectivity index (χ4n) is 15.3. The number of esters is 1. The standard InChI is InChI=1S/C58H80N6O15S2/c1-7-55(76)26-33-25-54(4,48-36(14-18-63(28-33)31-55)35-12-9-10-13-39(35)61-48)38-23-37-40(24-43(38)78-6)62(5)51-57(37)16-19-64-17-11-15-56(8-2,50(57)64)52(74)58(51,77)53(75)59-27-44(69)79-20-21-80-81-30-34(49(72)73)22-41(67)45(60-32(3)66)47(71)46(70)42(68)29-65/h9-13,15,23-24,33-34,42,45-47,50-52,61,65,68,70-71,74,76-77H,7-8,14,16-22,25-31H2,1-6H3,(H,59,75)(H,60,66)(H,72,73)/t33-,34-,42+,45+,46+,47+,50-,51+,52+,54+,55-,56+,57+,58-/m0/s1. The van der Waals surface area contributed by atoms with Crippen LogP contribution in [-0.2, 0) is 46.0 Å². The Kier molecular flexibility index (Phi) is 17.8. The lowest BCUT2D eigenvalue weighted by Crippen LogP contribution is -2.81. The number of carbonyl (C=O) groups excluding carboxylic acids is 4. The molecule has 2 amide bonds. The van der Waals surface area contributed by atoms with Crippen molar-refractivity contribution in [2.45, 2.75) is 137 Å². The largest absolute Gasteiger partial charge is 0.496 e. The number of carbonyl (C=O) groups is 5. The van der Waals surface area contributed by atoms with Crippen LogP contribution >= 0.6 is 21.6 Å². The molecular weight excluding hydrogens is 1080 g/mol. The first-order valence-electron chi connectivity index (χ1n) is 28.2. The molecule has 3 aromatic rings. The Bertz CT molecular complexity index is 2910. The topological polar surface area (TPSA) is 315 Å². The highest BCUT2D eigenvalue weighted by molar-refractivity contribution is 8.76. The average Bonchev–Trinajstić information content (AvgIpc) is 1.61. The number of benzene rings is 2. The Labute approximate surface area is 479 Å². The van der Waals surface area contributed by atoms with E-state index in [4.69, 9.17) is 9.47 Å². The maximum atomic E-state index is 15.1. The zero-order valence-corrected chi connectivity index (χ0v) is 48.6. The predicted molar refractivity (Wildman–Crippen MR) is 305 cm³/mol. The lowest BCUT2D eigenvalue weighted by Gasteiger charge is -2.63. The van der Waals surface area contributed by atoms with Gasteiger partial charge in [0, 0.05) is 114 Å². The minimum atomic E-state index is -2.48. The number of fused-ring (bicyclic) bond motifs is 6. The molecule has 6 heterocycles. The van der Waals surface area contributed by atoms with Crippen molar-refractivity contribution in [1.29, 1.82) is 0 Å². The number of para-hydroxylation sites is 1. The molecule has 1 unspecified atom stereocenters. The first-order chi connectivity index (χ1) is 38.5. The van der Waals surface area contributed by atoms with Crippen LogP contribution in [0, 0.1) is 17.3 Å². The van der Waals surface area contributed by atoms with Gasteiger partial charge < -0.3 is 70.8 Å². The van der Waals surface area contributed by atoms with Gasteiger partial charge in [0.25, 0.3) is 5.91 Å². The molecule has 1 aromatic heterocycles. The van der Waals surface area contributed by atoms with Gasteiger partial charge in [-0.25, -0.2) is 0 Å². The first kappa shape index (κ1) is 60.8. The van der Waals surface area contributed by atoms with Crippen molar-refractivity contribution in [2.24, 2.45) is 17.3 Å². The Morgan fingerprint density at radius 2 is 1.73 bits per heavy atom. The minimum Gasteiger partial charge on any atom is -0.496 e. The monoisotopic (exact) mass is 1160 g/mol. The Morgan fingerprint density at radius 3 is 2.42 bits per heavy atom. The lowest BCUT2D eigenvalue weighted by molar-refractivity contribution is -0.203. The highest BCUT2D eigenvalue weighted by Crippen LogP contribution is 2.67. The van der Waals surface area contributed by atoms with Crippen LogP contribution in [0.5, 0.6) is 5.75 Å². The molecule has 1 saturated carbocycles. The molecular formula is C58H80N6O15S2. The number of rotatable bonds is 22. The van der Waals surface area contributed by atoms with E-state index in [0.29, 0.717) is 57.5 Å². The van der Waals surface area contributed by atoms with Gasteiger partial charge >= 0.3 is 11.9 Å². The van der Waals surface area contributed by atoms with Crippen LogP contribution < -0.4 is 20.3 Å². The zero-order chi connectivity index (χ0) is 58.6. The van der Waals surface area contributed by atoms with E-state index >= 15 is 4.79 Å². The van der Waals surface area contributed by atoms with Crippen LogP contribution in [0.2, 0.25) is 0 Å². The number of aromatic nitrogens is 1. The number of H-pyrrole nitrogens is 1. The summed E-state index contributed by atoms with van der Waals surface area (Å²) in [5.41, 5.74) is -0.0379. The van der Waals surface area contributed by atoms with Crippen LogP contribution in [-0.4, -0.2) is 217 Å². The number of nitrogens with zero attached hydrogens (tertiary/aromatic N) is 3. The number of aliphatic hydroxyl groups is 7. The number of aliphatic hydroxyl groups excluding tert-OH is 5. The van der Waals surface area contributed by atoms with E-state index in [1.807, 2.05) is 43.2 Å². The van der Waals surface area contributed by atoms with Crippen molar-refractivity contribution in [3.8, 4) is 5.75 Å². The number of hydrogen-bond acceptors (Lipinski definition) is 19. The number of carboxylic acid groups (broad SMARTS) is 1. The van der Waals surface area contributed by atoms with Gasteiger partial charge in [0.15, 0.2) is 11.4 Å². The molecule has 2 aromatic carbocycles. The fourth-order valence-corrected chi connectivity index (χ4v) is 17.5. The summed E-state index contributed by atoms with van der Waals surface area (Å²) in [5.74, 6) is -5.32. The number of nitrogens with one attached hydrogen (secondary N) is 3. The summed E-state index contributed by atoms with van der Waals surface area (Å²) in [7, 11) is 5.70.